The number of benzene rings is 1. The lowest BCUT2D eigenvalue weighted by Gasteiger charge is -2.21. The summed E-state index contributed by atoms with van der Waals surface area (Å²) in [5.41, 5.74) is 2.33. The molecule has 0 aromatic heterocycles. The molecule has 5 heteroatoms. The third kappa shape index (κ3) is 5.77. The number of methoxy groups -OCH3 is 1. The van der Waals surface area contributed by atoms with Crippen molar-refractivity contribution in [3.8, 4) is 0 Å². The highest BCUT2D eigenvalue weighted by Gasteiger charge is 2.20. The largest absolute Gasteiger partial charge is 0.384 e. The highest BCUT2D eigenvalue weighted by molar-refractivity contribution is 7.91. The van der Waals surface area contributed by atoms with Crippen LogP contribution in [0.4, 0.5) is 0 Å². The van der Waals surface area contributed by atoms with Crippen molar-refractivity contribution in [3.05, 3.63) is 35.4 Å². The van der Waals surface area contributed by atoms with Crippen LogP contribution in [0.15, 0.2) is 24.3 Å². The first-order valence-corrected chi connectivity index (χ1v) is 8.99. The molecule has 0 aliphatic heterocycles. The Morgan fingerprint density at radius 3 is 2.19 bits per heavy atom. The average molecular weight is 313 g/mol. The van der Waals surface area contributed by atoms with Crippen molar-refractivity contribution in [2.24, 2.45) is 0 Å². The topological polar surface area (TPSA) is 55.4 Å². The molecule has 0 amide bonds. The van der Waals surface area contributed by atoms with E-state index in [1.807, 2.05) is 12.1 Å². The van der Waals surface area contributed by atoms with Crippen LogP contribution in [-0.2, 0) is 20.0 Å². The van der Waals surface area contributed by atoms with Crippen molar-refractivity contribution in [2.75, 3.05) is 32.3 Å². The maximum absolute atomic E-state index is 12.0. The molecule has 0 radical (unpaired) electrons. The van der Waals surface area contributed by atoms with E-state index in [0.29, 0.717) is 0 Å². The first kappa shape index (κ1) is 18.1. The van der Waals surface area contributed by atoms with Crippen LogP contribution in [0.2, 0.25) is 0 Å². The lowest BCUT2D eigenvalue weighted by molar-refractivity contribution is 0.217. The van der Waals surface area contributed by atoms with Crippen LogP contribution < -0.4 is 5.32 Å². The zero-order valence-corrected chi connectivity index (χ0v) is 14.5. The minimum Gasteiger partial charge on any atom is -0.384 e. The predicted octanol–water partition coefficient (Wildman–Crippen LogP) is 2.31. The Labute approximate surface area is 128 Å². The SMILES string of the molecule is CNC(CS(=O)(=O)CCOC)c1ccc(C(C)(C)C)cc1. The van der Waals surface area contributed by atoms with E-state index in [4.69, 9.17) is 4.74 Å². The number of ether oxygens (including phenoxy) is 1. The number of hydrogen-bond donors (Lipinski definition) is 1. The van der Waals surface area contributed by atoms with Crippen LogP contribution in [0.25, 0.3) is 0 Å². The van der Waals surface area contributed by atoms with E-state index in [1.54, 1.807) is 7.05 Å². The Balaban J connectivity index is 2.86. The van der Waals surface area contributed by atoms with Gasteiger partial charge >= 0.3 is 0 Å². The zero-order chi connectivity index (χ0) is 16.1. The van der Waals surface area contributed by atoms with Crippen molar-refractivity contribution in [1.29, 1.82) is 0 Å². The van der Waals surface area contributed by atoms with Gasteiger partial charge in [0, 0.05) is 13.2 Å². The predicted molar refractivity (Wildman–Crippen MR) is 87.5 cm³/mol. The number of nitrogens with one attached hydrogen (secondary N) is 1. The molecule has 1 aromatic carbocycles. The van der Waals surface area contributed by atoms with Crippen molar-refractivity contribution in [2.45, 2.75) is 32.2 Å². The maximum Gasteiger partial charge on any atom is 0.154 e. The third-order valence-corrected chi connectivity index (χ3v) is 5.18. The second-order valence-electron chi connectivity index (χ2n) is 6.32. The molecule has 1 rings (SSSR count). The molecule has 0 bridgehead atoms. The van der Waals surface area contributed by atoms with E-state index in [2.05, 4.69) is 38.2 Å². The summed E-state index contributed by atoms with van der Waals surface area (Å²) in [7, 11) is 0.167. The Bertz CT molecular complexity index is 530. The second-order valence-corrected chi connectivity index (χ2v) is 8.55. The van der Waals surface area contributed by atoms with Gasteiger partial charge in [0.1, 0.15) is 0 Å². The van der Waals surface area contributed by atoms with Crippen LogP contribution in [0.5, 0.6) is 0 Å². The van der Waals surface area contributed by atoms with Gasteiger partial charge in [0.25, 0.3) is 0 Å². The van der Waals surface area contributed by atoms with E-state index in [9.17, 15) is 8.42 Å². The lowest BCUT2D eigenvalue weighted by Crippen LogP contribution is -2.27. The Morgan fingerprint density at radius 1 is 1.19 bits per heavy atom. The van der Waals surface area contributed by atoms with Crippen LogP contribution in [0, 0.1) is 0 Å². The van der Waals surface area contributed by atoms with Crippen LogP contribution in [0.3, 0.4) is 0 Å². The Morgan fingerprint density at radius 2 is 1.76 bits per heavy atom. The van der Waals surface area contributed by atoms with Crippen molar-refractivity contribution < 1.29 is 13.2 Å². The molecule has 0 saturated heterocycles. The fourth-order valence-electron chi connectivity index (χ4n) is 2.11. The maximum atomic E-state index is 12.0. The van der Waals surface area contributed by atoms with Crippen LogP contribution in [-0.4, -0.2) is 40.7 Å². The molecule has 0 fully saturated rings. The van der Waals surface area contributed by atoms with Crippen molar-refractivity contribution >= 4 is 9.84 Å². The summed E-state index contributed by atoms with van der Waals surface area (Å²) >= 11 is 0. The molecular formula is C16H27NO3S. The summed E-state index contributed by atoms with van der Waals surface area (Å²) in [6, 6.07) is 7.96. The minimum absolute atomic E-state index is 0.0573. The zero-order valence-electron chi connectivity index (χ0n) is 13.6. The molecule has 0 spiro atoms. The normalized spacial score (nSPS) is 14.1. The molecule has 1 N–H and O–H groups in total. The van der Waals surface area contributed by atoms with Gasteiger partial charge in [0.2, 0.25) is 0 Å². The fourth-order valence-corrected chi connectivity index (χ4v) is 3.56. The summed E-state index contributed by atoms with van der Waals surface area (Å²) < 4.78 is 28.9. The van der Waals surface area contributed by atoms with Gasteiger partial charge in [-0.2, -0.15) is 0 Å². The molecule has 1 atom stereocenters. The number of sulfone groups is 1. The van der Waals surface area contributed by atoms with Gasteiger partial charge in [-0.05, 0) is 23.6 Å². The van der Waals surface area contributed by atoms with Gasteiger partial charge in [-0.15, -0.1) is 0 Å². The van der Waals surface area contributed by atoms with Gasteiger partial charge in [-0.25, -0.2) is 8.42 Å². The van der Waals surface area contributed by atoms with Crippen molar-refractivity contribution in [3.63, 3.8) is 0 Å². The molecule has 0 aliphatic rings. The number of hydrogen-bond acceptors (Lipinski definition) is 4. The third-order valence-electron chi connectivity index (χ3n) is 3.55. The standard InChI is InChI=1S/C16H27NO3S/c1-16(2,3)14-8-6-13(7-9-14)15(17-4)12-21(18,19)11-10-20-5/h6-9,15,17H,10-12H2,1-5H3. The Kier molecular flexibility index (Phi) is 6.38. The van der Waals surface area contributed by atoms with Crippen LogP contribution in [0.1, 0.15) is 37.9 Å². The van der Waals surface area contributed by atoms with E-state index in [-0.39, 0.29) is 29.6 Å². The van der Waals surface area contributed by atoms with Gasteiger partial charge in [-0.3, -0.25) is 0 Å². The molecule has 0 saturated carbocycles. The first-order chi connectivity index (χ1) is 9.69. The van der Waals surface area contributed by atoms with Gasteiger partial charge < -0.3 is 10.1 Å². The van der Waals surface area contributed by atoms with Gasteiger partial charge in [0.05, 0.1) is 18.1 Å². The molecule has 0 heterocycles. The highest BCUT2D eigenvalue weighted by Crippen LogP contribution is 2.24. The number of rotatable bonds is 7. The molecule has 1 aromatic rings. The molecular weight excluding hydrogens is 286 g/mol. The fraction of sp³-hybridized carbons (Fsp3) is 0.625. The first-order valence-electron chi connectivity index (χ1n) is 7.16. The van der Waals surface area contributed by atoms with E-state index in [1.165, 1.54) is 12.7 Å². The second kappa shape index (κ2) is 7.38. The van der Waals surface area contributed by atoms with Crippen LogP contribution >= 0.6 is 0 Å². The van der Waals surface area contributed by atoms with E-state index >= 15 is 0 Å². The molecule has 4 nitrogen and oxygen atoms in total. The molecule has 120 valence electrons. The summed E-state index contributed by atoms with van der Waals surface area (Å²) in [6.45, 7) is 6.72. The summed E-state index contributed by atoms with van der Waals surface area (Å²) in [6.07, 6.45) is 0. The average Bonchev–Trinajstić information content (AvgIpc) is 2.42. The highest BCUT2D eigenvalue weighted by atomic mass is 32.2. The van der Waals surface area contributed by atoms with E-state index in [0.717, 1.165) is 5.56 Å². The monoisotopic (exact) mass is 313 g/mol. The Hall–Kier alpha value is -0.910. The van der Waals surface area contributed by atoms with E-state index < -0.39 is 9.84 Å². The molecule has 0 aliphatic carbocycles. The summed E-state index contributed by atoms with van der Waals surface area (Å²) in [5.74, 6) is 0.142. The minimum atomic E-state index is -3.13. The molecule has 21 heavy (non-hydrogen) atoms. The quantitative estimate of drug-likeness (QED) is 0.839. The smallest absolute Gasteiger partial charge is 0.154 e. The summed E-state index contributed by atoms with van der Waals surface area (Å²) in [5, 5.41) is 3.09. The van der Waals surface area contributed by atoms with Gasteiger partial charge in [-0.1, -0.05) is 45.0 Å². The summed E-state index contributed by atoms with van der Waals surface area (Å²) in [4.78, 5) is 0. The lowest BCUT2D eigenvalue weighted by atomic mass is 9.86. The molecule has 1 unspecified atom stereocenters. The van der Waals surface area contributed by atoms with Crippen molar-refractivity contribution in [1.82, 2.24) is 5.32 Å². The van der Waals surface area contributed by atoms with Gasteiger partial charge in [0.15, 0.2) is 9.84 Å².